The molecule has 1 amide bonds. The topological polar surface area (TPSA) is 60.5 Å². The Bertz CT molecular complexity index is 614. The average molecular weight is 270 g/mol. The highest BCUT2D eigenvalue weighted by atomic mass is 16.7. The molecule has 0 saturated carbocycles. The largest absolute Gasteiger partial charge is 0.454 e. The molecule has 2 heterocycles. The maximum absolute atomic E-state index is 11.8. The summed E-state index contributed by atoms with van der Waals surface area (Å²) in [4.78, 5) is 15.7. The van der Waals surface area contributed by atoms with Crippen molar-refractivity contribution in [2.45, 2.75) is 12.8 Å². The molecule has 1 aromatic heterocycles. The molecule has 0 bridgehead atoms. The molecule has 0 radical (unpaired) electrons. The van der Waals surface area contributed by atoms with Gasteiger partial charge in [-0.25, -0.2) is 0 Å². The number of ether oxygens (including phenoxy) is 2. The van der Waals surface area contributed by atoms with E-state index in [1.807, 2.05) is 18.2 Å². The number of hydrogen-bond donors (Lipinski definition) is 1. The van der Waals surface area contributed by atoms with E-state index >= 15 is 0 Å². The lowest BCUT2D eigenvalue weighted by Crippen LogP contribution is -2.12. The minimum absolute atomic E-state index is 0.0196. The van der Waals surface area contributed by atoms with Crippen molar-refractivity contribution in [2.24, 2.45) is 0 Å². The first-order valence-corrected chi connectivity index (χ1v) is 6.40. The first kappa shape index (κ1) is 12.5. The van der Waals surface area contributed by atoms with Crippen molar-refractivity contribution in [3.8, 4) is 11.5 Å². The van der Waals surface area contributed by atoms with Crippen molar-refractivity contribution in [1.29, 1.82) is 0 Å². The number of carbonyl (C=O) groups is 1. The van der Waals surface area contributed by atoms with E-state index in [0.717, 1.165) is 22.7 Å². The van der Waals surface area contributed by atoms with Crippen LogP contribution in [0.2, 0.25) is 0 Å². The van der Waals surface area contributed by atoms with Crippen LogP contribution in [-0.2, 0) is 11.2 Å². The molecule has 0 spiro atoms. The molecule has 1 aliphatic rings. The van der Waals surface area contributed by atoms with Crippen LogP contribution in [0.4, 0.5) is 5.69 Å². The maximum atomic E-state index is 11.8. The molecule has 1 aliphatic heterocycles. The standard InChI is InChI=1S/C15H14N2O3/c18-15(17-12-5-7-16-8-6-12)4-2-11-1-3-13-14(9-11)20-10-19-13/h1,3,5-9H,2,4,10H2,(H,16,17,18). The highest BCUT2D eigenvalue weighted by Gasteiger charge is 2.13. The number of anilines is 1. The van der Waals surface area contributed by atoms with E-state index in [2.05, 4.69) is 10.3 Å². The first-order valence-electron chi connectivity index (χ1n) is 6.40. The molecular weight excluding hydrogens is 256 g/mol. The lowest BCUT2D eigenvalue weighted by atomic mass is 10.1. The van der Waals surface area contributed by atoms with Gasteiger partial charge >= 0.3 is 0 Å². The summed E-state index contributed by atoms with van der Waals surface area (Å²) in [5.41, 5.74) is 1.81. The number of hydrogen-bond acceptors (Lipinski definition) is 4. The van der Waals surface area contributed by atoms with Gasteiger partial charge in [-0.15, -0.1) is 0 Å². The number of nitrogens with zero attached hydrogens (tertiary/aromatic N) is 1. The van der Waals surface area contributed by atoms with Crippen LogP contribution in [-0.4, -0.2) is 17.7 Å². The number of amides is 1. The minimum Gasteiger partial charge on any atom is -0.454 e. The van der Waals surface area contributed by atoms with Crippen molar-refractivity contribution in [3.63, 3.8) is 0 Å². The van der Waals surface area contributed by atoms with Crippen LogP contribution >= 0.6 is 0 Å². The molecule has 0 unspecified atom stereocenters. The van der Waals surface area contributed by atoms with E-state index in [1.54, 1.807) is 24.5 Å². The molecule has 2 aromatic rings. The van der Waals surface area contributed by atoms with Crippen LogP contribution in [0, 0.1) is 0 Å². The zero-order valence-corrected chi connectivity index (χ0v) is 10.8. The van der Waals surface area contributed by atoms with E-state index in [0.29, 0.717) is 12.8 Å². The summed E-state index contributed by atoms with van der Waals surface area (Å²) in [6, 6.07) is 9.27. The Morgan fingerprint density at radius 2 is 1.95 bits per heavy atom. The Labute approximate surface area is 116 Å². The molecule has 102 valence electrons. The fraction of sp³-hybridized carbons (Fsp3) is 0.200. The second-order valence-electron chi connectivity index (χ2n) is 4.47. The molecule has 0 saturated heterocycles. The van der Waals surface area contributed by atoms with Gasteiger partial charge in [-0.1, -0.05) is 6.07 Å². The molecule has 0 atom stereocenters. The first-order chi connectivity index (χ1) is 9.81. The van der Waals surface area contributed by atoms with Crippen LogP contribution in [0.3, 0.4) is 0 Å². The van der Waals surface area contributed by atoms with Gasteiger partial charge in [0.15, 0.2) is 11.5 Å². The zero-order chi connectivity index (χ0) is 13.8. The third-order valence-corrected chi connectivity index (χ3v) is 3.04. The Kier molecular flexibility index (Phi) is 3.50. The fourth-order valence-corrected chi connectivity index (χ4v) is 2.01. The summed E-state index contributed by atoms with van der Waals surface area (Å²) >= 11 is 0. The van der Waals surface area contributed by atoms with Crippen LogP contribution in [0.15, 0.2) is 42.7 Å². The van der Waals surface area contributed by atoms with Crippen molar-refractivity contribution < 1.29 is 14.3 Å². The van der Waals surface area contributed by atoms with Crippen LogP contribution in [0.1, 0.15) is 12.0 Å². The van der Waals surface area contributed by atoms with Crippen molar-refractivity contribution >= 4 is 11.6 Å². The summed E-state index contributed by atoms with van der Waals surface area (Å²) < 4.78 is 10.6. The summed E-state index contributed by atoms with van der Waals surface area (Å²) in [6.45, 7) is 0.265. The number of fused-ring (bicyclic) bond motifs is 1. The quantitative estimate of drug-likeness (QED) is 0.926. The molecule has 1 N–H and O–H groups in total. The van der Waals surface area contributed by atoms with E-state index in [4.69, 9.17) is 9.47 Å². The van der Waals surface area contributed by atoms with Gasteiger partial charge in [-0.05, 0) is 36.2 Å². The van der Waals surface area contributed by atoms with E-state index in [9.17, 15) is 4.79 Å². The van der Waals surface area contributed by atoms with E-state index < -0.39 is 0 Å². The summed E-state index contributed by atoms with van der Waals surface area (Å²) in [7, 11) is 0. The van der Waals surface area contributed by atoms with Gasteiger partial charge in [0.1, 0.15) is 0 Å². The number of nitrogens with one attached hydrogen (secondary N) is 1. The molecule has 5 heteroatoms. The van der Waals surface area contributed by atoms with Crippen molar-refractivity contribution in [2.75, 3.05) is 12.1 Å². The maximum Gasteiger partial charge on any atom is 0.231 e. The molecule has 0 aliphatic carbocycles. The van der Waals surface area contributed by atoms with Gasteiger partial charge in [-0.3, -0.25) is 9.78 Å². The monoisotopic (exact) mass is 270 g/mol. The van der Waals surface area contributed by atoms with Gasteiger partial charge < -0.3 is 14.8 Å². The summed E-state index contributed by atoms with van der Waals surface area (Å²) in [5.74, 6) is 1.49. The molecule has 0 fully saturated rings. The number of rotatable bonds is 4. The van der Waals surface area contributed by atoms with Gasteiger partial charge in [0.05, 0.1) is 0 Å². The summed E-state index contributed by atoms with van der Waals surface area (Å²) in [6.07, 6.45) is 4.37. The second-order valence-corrected chi connectivity index (χ2v) is 4.47. The molecule has 20 heavy (non-hydrogen) atoms. The van der Waals surface area contributed by atoms with Gasteiger partial charge in [-0.2, -0.15) is 0 Å². The van der Waals surface area contributed by atoms with Gasteiger partial charge in [0, 0.05) is 24.5 Å². The third kappa shape index (κ3) is 2.88. The van der Waals surface area contributed by atoms with Crippen molar-refractivity contribution in [1.82, 2.24) is 4.98 Å². The molecule has 1 aromatic carbocycles. The average Bonchev–Trinajstić information content (AvgIpc) is 2.93. The van der Waals surface area contributed by atoms with E-state index in [1.165, 1.54) is 0 Å². The summed E-state index contributed by atoms with van der Waals surface area (Å²) in [5, 5.41) is 2.83. The van der Waals surface area contributed by atoms with Gasteiger partial charge in [0.25, 0.3) is 0 Å². The number of benzene rings is 1. The molecule has 5 nitrogen and oxygen atoms in total. The number of pyridine rings is 1. The van der Waals surface area contributed by atoms with Crippen molar-refractivity contribution in [3.05, 3.63) is 48.3 Å². The second kappa shape index (κ2) is 5.61. The van der Waals surface area contributed by atoms with Crippen LogP contribution < -0.4 is 14.8 Å². The third-order valence-electron chi connectivity index (χ3n) is 3.04. The minimum atomic E-state index is -0.0196. The fourth-order valence-electron chi connectivity index (χ4n) is 2.01. The Morgan fingerprint density at radius 3 is 2.80 bits per heavy atom. The SMILES string of the molecule is O=C(CCc1ccc2c(c1)OCO2)Nc1ccncc1. The number of aromatic nitrogens is 1. The number of carbonyl (C=O) groups excluding carboxylic acids is 1. The highest BCUT2D eigenvalue weighted by Crippen LogP contribution is 2.32. The lowest BCUT2D eigenvalue weighted by Gasteiger charge is -2.05. The number of aryl methyl sites for hydroxylation is 1. The zero-order valence-electron chi connectivity index (χ0n) is 10.8. The Balaban J connectivity index is 1.55. The smallest absolute Gasteiger partial charge is 0.231 e. The Morgan fingerprint density at radius 1 is 1.15 bits per heavy atom. The predicted octanol–water partition coefficient (Wildman–Crippen LogP) is 2.38. The normalized spacial score (nSPS) is 12.2. The Hall–Kier alpha value is -2.56. The van der Waals surface area contributed by atoms with Gasteiger partial charge in [0.2, 0.25) is 12.7 Å². The molecule has 3 rings (SSSR count). The van der Waals surface area contributed by atoms with Crippen LogP contribution in [0.5, 0.6) is 11.5 Å². The highest BCUT2D eigenvalue weighted by molar-refractivity contribution is 5.90. The van der Waals surface area contributed by atoms with Crippen LogP contribution in [0.25, 0.3) is 0 Å². The lowest BCUT2D eigenvalue weighted by molar-refractivity contribution is -0.116. The predicted molar refractivity (Wildman–Crippen MR) is 73.8 cm³/mol. The van der Waals surface area contributed by atoms with E-state index in [-0.39, 0.29) is 12.7 Å². The molecular formula is C15H14N2O3.